The Balaban J connectivity index is 1.59. The monoisotopic (exact) mass is 539 g/mol. The second-order valence-corrected chi connectivity index (χ2v) is 10.2. The van der Waals surface area contributed by atoms with Crippen molar-refractivity contribution in [1.29, 1.82) is 5.26 Å². The quantitative estimate of drug-likeness (QED) is 0.304. The Hall–Kier alpha value is -5.04. The summed E-state index contributed by atoms with van der Waals surface area (Å²) in [4.78, 5) is 33.5. The van der Waals surface area contributed by atoms with Crippen LogP contribution in [0.5, 0.6) is 0 Å². The Morgan fingerprint density at radius 3 is 2.48 bits per heavy atom. The molecule has 0 bridgehead atoms. The molecule has 2 heterocycles. The zero-order chi connectivity index (χ0) is 29.0. The van der Waals surface area contributed by atoms with E-state index < -0.39 is 17.1 Å². The van der Waals surface area contributed by atoms with Gasteiger partial charge in [0.05, 0.1) is 22.9 Å². The number of anilines is 2. The van der Waals surface area contributed by atoms with Crippen molar-refractivity contribution < 1.29 is 14.0 Å². The molecule has 0 radical (unpaired) electrons. The van der Waals surface area contributed by atoms with E-state index in [0.29, 0.717) is 33.8 Å². The van der Waals surface area contributed by atoms with E-state index in [4.69, 9.17) is 11.5 Å². The van der Waals surface area contributed by atoms with Gasteiger partial charge in [0.15, 0.2) is 0 Å². The van der Waals surface area contributed by atoms with Crippen molar-refractivity contribution >= 4 is 34.6 Å². The molecule has 6 N–H and O–H groups in total. The van der Waals surface area contributed by atoms with Crippen LogP contribution in [0.4, 0.5) is 15.9 Å². The van der Waals surface area contributed by atoms with E-state index in [-0.39, 0.29) is 28.8 Å². The van der Waals surface area contributed by atoms with E-state index >= 15 is 0 Å². The van der Waals surface area contributed by atoms with Gasteiger partial charge in [0.25, 0.3) is 5.91 Å². The number of hydrogen-bond donors (Lipinski definition) is 4. The number of rotatable bonds is 8. The van der Waals surface area contributed by atoms with Crippen LogP contribution in [0.3, 0.4) is 0 Å². The van der Waals surface area contributed by atoms with E-state index in [0.717, 1.165) is 12.8 Å². The molecule has 0 atom stereocenters. The number of nitrogens with two attached hydrogens (primary N) is 2. The molecule has 40 heavy (non-hydrogen) atoms. The second-order valence-electron chi connectivity index (χ2n) is 10.2. The summed E-state index contributed by atoms with van der Waals surface area (Å²) >= 11 is 0. The van der Waals surface area contributed by atoms with Gasteiger partial charge in [0.2, 0.25) is 5.91 Å². The normalized spacial score (nSPS) is 13.9. The first-order chi connectivity index (χ1) is 19.0. The summed E-state index contributed by atoms with van der Waals surface area (Å²) in [5.74, 6) is -0.818. The largest absolute Gasteiger partial charge is 0.404 e. The first-order valence-corrected chi connectivity index (χ1v) is 12.7. The molecule has 0 unspecified atom stereocenters. The minimum atomic E-state index is -0.898. The number of aryl methyl sites for hydroxylation is 1. The summed E-state index contributed by atoms with van der Waals surface area (Å²) in [7, 11) is 0. The molecule has 9 nitrogen and oxygen atoms in total. The molecular weight excluding hydrogens is 509 g/mol. The molecule has 4 rings (SSSR count). The number of nitrogens with zero attached hydrogens (tertiary/aromatic N) is 3. The molecule has 2 amide bonds. The van der Waals surface area contributed by atoms with Crippen LogP contribution >= 0.6 is 0 Å². The van der Waals surface area contributed by atoms with Crippen LogP contribution in [0.1, 0.15) is 59.4 Å². The lowest BCUT2D eigenvalue weighted by atomic mass is 9.90. The molecule has 2 aromatic heterocycles. The van der Waals surface area contributed by atoms with Gasteiger partial charge in [0.1, 0.15) is 11.6 Å². The zero-order valence-electron chi connectivity index (χ0n) is 22.5. The summed E-state index contributed by atoms with van der Waals surface area (Å²) in [5, 5.41) is 14.8. The minimum absolute atomic E-state index is 0.0339. The van der Waals surface area contributed by atoms with Gasteiger partial charge >= 0.3 is 0 Å². The fourth-order valence-electron chi connectivity index (χ4n) is 3.97. The van der Waals surface area contributed by atoms with Crippen molar-refractivity contribution in [1.82, 2.24) is 9.97 Å². The molecule has 1 aromatic carbocycles. The summed E-state index contributed by atoms with van der Waals surface area (Å²) in [6, 6.07) is 11.3. The third-order valence-corrected chi connectivity index (χ3v) is 6.60. The molecule has 0 spiro atoms. The number of hydrogen-bond acceptors (Lipinski definition) is 7. The number of carbonyl (C=O) groups excluding carboxylic acids is 2. The van der Waals surface area contributed by atoms with Crippen LogP contribution in [0.15, 0.2) is 61.1 Å². The predicted octanol–water partition coefficient (Wildman–Crippen LogP) is 4.63. The van der Waals surface area contributed by atoms with Crippen molar-refractivity contribution in [2.45, 2.75) is 39.0 Å². The van der Waals surface area contributed by atoms with Crippen LogP contribution in [0.2, 0.25) is 0 Å². The summed E-state index contributed by atoms with van der Waals surface area (Å²) in [6.45, 7) is 5.09. The van der Waals surface area contributed by atoms with Crippen LogP contribution < -0.4 is 22.1 Å². The Morgan fingerprint density at radius 2 is 1.80 bits per heavy atom. The first kappa shape index (κ1) is 28.0. The number of carbonyl (C=O) groups is 2. The van der Waals surface area contributed by atoms with Gasteiger partial charge in [-0.15, -0.1) is 0 Å². The van der Waals surface area contributed by atoms with Gasteiger partial charge in [-0.25, -0.2) is 9.37 Å². The SMILES string of the molecule is Cc1cc(F)c(NC(=O)c2ccnc(C(C)(C)C#N)c2)cc1/C(N)=C/C(=C\N)c1ccnc(NC(=O)C2CC2)c1. The summed E-state index contributed by atoms with van der Waals surface area (Å²) in [5.41, 5.74) is 14.6. The maximum Gasteiger partial charge on any atom is 0.255 e. The highest BCUT2D eigenvalue weighted by molar-refractivity contribution is 6.04. The van der Waals surface area contributed by atoms with Gasteiger partial charge in [-0.2, -0.15) is 5.26 Å². The topological polar surface area (TPSA) is 160 Å². The molecule has 1 aliphatic rings. The highest BCUT2D eigenvalue weighted by Crippen LogP contribution is 2.31. The van der Waals surface area contributed by atoms with Gasteiger partial charge in [-0.1, -0.05) is 0 Å². The number of benzene rings is 1. The second kappa shape index (κ2) is 11.4. The van der Waals surface area contributed by atoms with E-state index in [1.165, 1.54) is 36.7 Å². The highest BCUT2D eigenvalue weighted by atomic mass is 19.1. The molecule has 1 saturated carbocycles. The van der Waals surface area contributed by atoms with Crippen molar-refractivity contribution in [3.05, 3.63) is 94.8 Å². The highest BCUT2D eigenvalue weighted by Gasteiger charge is 2.29. The number of aromatic nitrogens is 2. The van der Waals surface area contributed by atoms with E-state index in [1.54, 1.807) is 45.2 Å². The fourth-order valence-corrected chi connectivity index (χ4v) is 3.97. The maximum atomic E-state index is 14.9. The van der Waals surface area contributed by atoms with Crippen molar-refractivity contribution in [3.8, 4) is 6.07 Å². The molecule has 10 heteroatoms. The minimum Gasteiger partial charge on any atom is -0.404 e. The molecular formula is C30H30FN7O2. The van der Waals surface area contributed by atoms with Crippen molar-refractivity contribution in [3.63, 3.8) is 0 Å². The lowest BCUT2D eigenvalue weighted by Crippen LogP contribution is -2.19. The molecule has 1 fully saturated rings. The smallest absolute Gasteiger partial charge is 0.255 e. The maximum absolute atomic E-state index is 14.9. The van der Waals surface area contributed by atoms with Gasteiger partial charge < -0.3 is 22.1 Å². The number of halogens is 1. The van der Waals surface area contributed by atoms with Crippen LogP contribution in [0.25, 0.3) is 11.3 Å². The average molecular weight is 540 g/mol. The van der Waals surface area contributed by atoms with E-state index in [2.05, 4.69) is 26.7 Å². The number of nitriles is 1. The average Bonchev–Trinajstić information content (AvgIpc) is 3.79. The third kappa shape index (κ3) is 6.32. The Bertz CT molecular complexity index is 1580. The van der Waals surface area contributed by atoms with E-state index in [1.807, 2.05) is 0 Å². The van der Waals surface area contributed by atoms with Gasteiger partial charge in [-0.05, 0) is 92.8 Å². The lowest BCUT2D eigenvalue weighted by molar-refractivity contribution is -0.117. The zero-order valence-corrected chi connectivity index (χ0v) is 22.5. The van der Waals surface area contributed by atoms with E-state index in [9.17, 15) is 19.2 Å². The van der Waals surface area contributed by atoms with Crippen LogP contribution in [-0.2, 0) is 10.2 Å². The number of nitrogens with one attached hydrogen (secondary N) is 2. The Kier molecular flexibility index (Phi) is 7.95. The summed E-state index contributed by atoms with van der Waals surface area (Å²) < 4.78 is 14.9. The van der Waals surface area contributed by atoms with Crippen molar-refractivity contribution in [2.24, 2.45) is 17.4 Å². The molecule has 204 valence electrons. The summed E-state index contributed by atoms with van der Waals surface area (Å²) in [6.07, 6.45) is 7.75. The molecule has 3 aromatic rings. The van der Waals surface area contributed by atoms with Gasteiger partial charge in [0, 0.05) is 41.3 Å². The van der Waals surface area contributed by atoms with Crippen molar-refractivity contribution in [2.75, 3.05) is 10.6 Å². The predicted molar refractivity (Wildman–Crippen MR) is 152 cm³/mol. The van der Waals surface area contributed by atoms with Crippen LogP contribution in [0, 0.1) is 30.0 Å². The number of amides is 2. The lowest BCUT2D eigenvalue weighted by Gasteiger charge is -2.16. The van der Waals surface area contributed by atoms with Crippen LogP contribution in [-0.4, -0.2) is 21.8 Å². The fraction of sp³-hybridized carbons (Fsp3) is 0.233. The molecule has 0 aliphatic heterocycles. The Labute approximate surface area is 231 Å². The standard InChI is InChI=1S/C30H30FN7O2/c1-17-10-23(31)25(37-29(40)20-7-8-35-26(12-20)30(2,3)16-33)14-22(17)24(34)11-21(15-32)19-6-9-36-27(13-19)38-28(39)18-4-5-18/h6-15,18H,4-5,32,34H2,1-3H3,(H,37,40)(H,36,38,39)/b21-15+,24-11-. The number of allylic oxidation sites excluding steroid dienone is 2. The molecule has 0 saturated heterocycles. The first-order valence-electron chi connectivity index (χ1n) is 12.7. The van der Waals surface area contributed by atoms with Gasteiger partial charge in [-0.3, -0.25) is 14.6 Å². The molecule has 1 aliphatic carbocycles. The Morgan fingerprint density at radius 1 is 1.10 bits per heavy atom. The third-order valence-electron chi connectivity index (χ3n) is 6.60. The number of pyridine rings is 2.